The number of hydrogen-bond acceptors (Lipinski definition) is 4. The Hall–Kier alpha value is -1.55. The first-order chi connectivity index (χ1) is 9.45. The van der Waals surface area contributed by atoms with Gasteiger partial charge in [0.1, 0.15) is 5.82 Å². The number of fused-ring (bicyclic) bond motifs is 1. The third-order valence-electron chi connectivity index (χ3n) is 3.62. The largest absolute Gasteiger partial charge is 0.383 e. The maximum absolute atomic E-state index is 6.04. The minimum Gasteiger partial charge on any atom is -0.383 e. The maximum atomic E-state index is 6.04. The van der Waals surface area contributed by atoms with Crippen molar-refractivity contribution in [1.29, 1.82) is 0 Å². The lowest BCUT2D eigenvalue weighted by atomic mass is 9.87. The van der Waals surface area contributed by atoms with Crippen LogP contribution in [0, 0.1) is 0 Å². The second-order valence-electron chi connectivity index (χ2n) is 6.18. The van der Waals surface area contributed by atoms with Crippen LogP contribution < -0.4 is 5.73 Å². The molecule has 0 unspecified atom stereocenters. The average Bonchev–Trinajstić information content (AvgIpc) is 2.86. The van der Waals surface area contributed by atoms with E-state index in [1.165, 1.54) is 5.56 Å². The minimum absolute atomic E-state index is 0.160. The second-order valence-corrected chi connectivity index (χ2v) is 7.16. The van der Waals surface area contributed by atoms with E-state index in [0.29, 0.717) is 5.82 Å². The van der Waals surface area contributed by atoms with Crippen LogP contribution in [0.15, 0.2) is 24.3 Å². The van der Waals surface area contributed by atoms with Crippen LogP contribution in [0.2, 0.25) is 0 Å². The molecule has 0 saturated carbocycles. The summed E-state index contributed by atoms with van der Waals surface area (Å²) >= 11 is 1.84. The van der Waals surface area contributed by atoms with Crippen molar-refractivity contribution in [2.75, 3.05) is 5.73 Å². The van der Waals surface area contributed by atoms with Crippen LogP contribution in [0.3, 0.4) is 0 Å². The van der Waals surface area contributed by atoms with Crippen LogP contribution in [0.4, 0.5) is 5.82 Å². The van der Waals surface area contributed by atoms with Gasteiger partial charge < -0.3 is 5.73 Å². The minimum atomic E-state index is 0.160. The van der Waals surface area contributed by atoms with Crippen molar-refractivity contribution in [3.8, 4) is 11.4 Å². The zero-order chi connectivity index (χ0) is 14.3. The lowest BCUT2D eigenvalue weighted by Crippen LogP contribution is -2.10. The number of rotatable bonds is 1. The highest BCUT2D eigenvalue weighted by molar-refractivity contribution is 7.98. The first kappa shape index (κ1) is 13.4. The molecule has 0 spiro atoms. The molecule has 3 rings (SSSR count). The SMILES string of the molecule is CC(C)(C)c1ccc(-c2nc(N)c3c(n2)CSC3)cc1. The van der Waals surface area contributed by atoms with E-state index in [4.69, 9.17) is 5.73 Å². The molecule has 3 nitrogen and oxygen atoms in total. The summed E-state index contributed by atoms with van der Waals surface area (Å²) in [6.45, 7) is 6.63. The van der Waals surface area contributed by atoms with E-state index in [1.807, 2.05) is 11.8 Å². The number of hydrogen-bond donors (Lipinski definition) is 1. The molecule has 1 aromatic heterocycles. The highest BCUT2D eigenvalue weighted by Gasteiger charge is 2.19. The summed E-state index contributed by atoms with van der Waals surface area (Å²) < 4.78 is 0. The number of nitrogens with zero attached hydrogens (tertiary/aromatic N) is 2. The molecule has 0 aliphatic carbocycles. The molecule has 1 aliphatic heterocycles. The average molecular weight is 285 g/mol. The lowest BCUT2D eigenvalue weighted by molar-refractivity contribution is 0.590. The van der Waals surface area contributed by atoms with Crippen LogP contribution in [0.1, 0.15) is 37.6 Å². The molecule has 4 heteroatoms. The second kappa shape index (κ2) is 4.77. The van der Waals surface area contributed by atoms with E-state index >= 15 is 0 Å². The Labute approximate surface area is 124 Å². The Bertz CT molecular complexity index is 642. The predicted octanol–water partition coefficient (Wildman–Crippen LogP) is 3.77. The number of benzene rings is 1. The third kappa shape index (κ3) is 2.40. The van der Waals surface area contributed by atoms with Crippen LogP contribution in [0.5, 0.6) is 0 Å². The van der Waals surface area contributed by atoms with Crippen molar-refractivity contribution in [2.45, 2.75) is 37.7 Å². The first-order valence-electron chi connectivity index (χ1n) is 6.79. The van der Waals surface area contributed by atoms with Gasteiger partial charge in [-0.15, -0.1) is 0 Å². The molecular weight excluding hydrogens is 266 g/mol. The van der Waals surface area contributed by atoms with E-state index in [9.17, 15) is 0 Å². The summed E-state index contributed by atoms with van der Waals surface area (Å²) in [5, 5.41) is 0. The van der Waals surface area contributed by atoms with Gasteiger partial charge in [0.2, 0.25) is 0 Å². The number of thioether (sulfide) groups is 1. The fourth-order valence-electron chi connectivity index (χ4n) is 2.32. The van der Waals surface area contributed by atoms with Crippen molar-refractivity contribution >= 4 is 17.6 Å². The van der Waals surface area contributed by atoms with Crippen LogP contribution in [-0.2, 0) is 16.9 Å². The zero-order valence-corrected chi connectivity index (χ0v) is 12.9. The summed E-state index contributed by atoms with van der Waals surface area (Å²) in [5.74, 6) is 3.25. The van der Waals surface area contributed by atoms with E-state index in [1.54, 1.807) is 0 Å². The molecular formula is C16H19N3S. The van der Waals surface area contributed by atoms with Crippen molar-refractivity contribution in [3.05, 3.63) is 41.1 Å². The van der Waals surface area contributed by atoms with Gasteiger partial charge in [0.25, 0.3) is 0 Å². The number of nitrogens with two attached hydrogens (primary N) is 1. The maximum Gasteiger partial charge on any atom is 0.161 e. The molecule has 0 amide bonds. The molecule has 0 radical (unpaired) electrons. The molecule has 2 heterocycles. The topological polar surface area (TPSA) is 51.8 Å². The first-order valence-corrected chi connectivity index (χ1v) is 7.94. The molecule has 1 aliphatic rings. The Kier molecular flexibility index (Phi) is 3.21. The van der Waals surface area contributed by atoms with Gasteiger partial charge in [-0.2, -0.15) is 11.8 Å². The van der Waals surface area contributed by atoms with Gasteiger partial charge in [0.15, 0.2) is 5.82 Å². The van der Waals surface area contributed by atoms with Gasteiger partial charge in [0.05, 0.1) is 5.69 Å². The van der Waals surface area contributed by atoms with Crippen LogP contribution >= 0.6 is 11.8 Å². The van der Waals surface area contributed by atoms with Crippen molar-refractivity contribution < 1.29 is 0 Å². The highest BCUT2D eigenvalue weighted by atomic mass is 32.2. The summed E-state index contributed by atoms with van der Waals surface area (Å²) in [5.41, 5.74) is 10.8. The van der Waals surface area contributed by atoms with Gasteiger partial charge >= 0.3 is 0 Å². The predicted molar refractivity (Wildman–Crippen MR) is 85.6 cm³/mol. The van der Waals surface area contributed by atoms with E-state index < -0.39 is 0 Å². The summed E-state index contributed by atoms with van der Waals surface area (Å²) in [6.07, 6.45) is 0. The smallest absolute Gasteiger partial charge is 0.161 e. The highest BCUT2D eigenvalue weighted by Crippen LogP contribution is 2.33. The molecule has 1 aromatic carbocycles. The summed E-state index contributed by atoms with van der Waals surface area (Å²) in [6, 6.07) is 8.47. The van der Waals surface area contributed by atoms with Crippen molar-refractivity contribution in [1.82, 2.24) is 9.97 Å². The van der Waals surface area contributed by atoms with E-state index in [0.717, 1.165) is 34.2 Å². The van der Waals surface area contributed by atoms with Gasteiger partial charge in [-0.3, -0.25) is 0 Å². The molecule has 2 aromatic rings. The molecule has 104 valence electrons. The molecule has 0 bridgehead atoms. The normalized spacial score (nSPS) is 14.3. The number of nitrogen functional groups attached to an aromatic ring is 1. The van der Waals surface area contributed by atoms with Crippen LogP contribution in [0.25, 0.3) is 11.4 Å². The number of aromatic nitrogens is 2. The standard InChI is InChI=1S/C16H19N3S/c1-16(2,3)11-6-4-10(5-7-11)15-18-13-9-20-8-12(13)14(17)19-15/h4-7H,8-9H2,1-3H3,(H2,17,18,19). The Morgan fingerprint density at radius 3 is 2.40 bits per heavy atom. The van der Waals surface area contributed by atoms with Gasteiger partial charge in [-0.1, -0.05) is 45.0 Å². The zero-order valence-electron chi connectivity index (χ0n) is 12.1. The Balaban J connectivity index is 2.00. The molecule has 20 heavy (non-hydrogen) atoms. The van der Waals surface area contributed by atoms with Crippen LogP contribution in [-0.4, -0.2) is 9.97 Å². The monoisotopic (exact) mass is 285 g/mol. The molecule has 0 fully saturated rings. The Morgan fingerprint density at radius 2 is 1.75 bits per heavy atom. The van der Waals surface area contributed by atoms with Gasteiger partial charge in [-0.05, 0) is 11.0 Å². The Morgan fingerprint density at radius 1 is 1.05 bits per heavy atom. The van der Waals surface area contributed by atoms with Crippen molar-refractivity contribution in [2.24, 2.45) is 0 Å². The lowest BCUT2D eigenvalue weighted by Gasteiger charge is -2.19. The fourth-order valence-corrected chi connectivity index (χ4v) is 3.38. The third-order valence-corrected chi connectivity index (χ3v) is 4.59. The molecule has 2 N–H and O–H groups in total. The van der Waals surface area contributed by atoms with Crippen molar-refractivity contribution in [3.63, 3.8) is 0 Å². The quantitative estimate of drug-likeness (QED) is 0.866. The summed E-state index contributed by atoms with van der Waals surface area (Å²) in [4.78, 5) is 9.12. The molecule has 0 atom stereocenters. The van der Waals surface area contributed by atoms with Gasteiger partial charge in [-0.25, -0.2) is 9.97 Å². The summed E-state index contributed by atoms with van der Waals surface area (Å²) in [7, 11) is 0. The fraction of sp³-hybridized carbons (Fsp3) is 0.375. The molecule has 0 saturated heterocycles. The van der Waals surface area contributed by atoms with E-state index in [-0.39, 0.29) is 5.41 Å². The van der Waals surface area contributed by atoms with E-state index in [2.05, 4.69) is 55.0 Å². The number of anilines is 1. The van der Waals surface area contributed by atoms with Gasteiger partial charge in [0, 0.05) is 22.6 Å².